The maximum Gasteiger partial charge on any atom is 0.407 e. The Kier molecular flexibility index (Phi) is 11.7. The Morgan fingerprint density at radius 1 is 0.875 bits per heavy atom. The molecule has 3 atom stereocenters. The van der Waals surface area contributed by atoms with Crippen molar-refractivity contribution in [1.29, 1.82) is 0 Å². The van der Waals surface area contributed by atoms with Crippen LogP contribution in [0.1, 0.15) is 34.6 Å². The van der Waals surface area contributed by atoms with Crippen LogP contribution < -0.4 is 21.7 Å². The van der Waals surface area contributed by atoms with Crippen molar-refractivity contribution < 1.29 is 36.6 Å². The van der Waals surface area contributed by atoms with Gasteiger partial charge in [0.2, 0.25) is 5.91 Å². The van der Waals surface area contributed by atoms with Crippen LogP contribution in [0.5, 0.6) is 0 Å². The van der Waals surface area contributed by atoms with E-state index in [9.17, 15) is 22.8 Å². The average Bonchev–Trinajstić information content (AvgIpc) is 3.08. The zero-order valence-corrected chi connectivity index (χ0v) is 25.8. The first kappa shape index (κ1) is 34.5. The maximum absolute atomic E-state index is 15.1. The first-order valence-corrected chi connectivity index (χ1v) is 15.4. The molecule has 9 nitrogen and oxygen atoms in total. The molecule has 0 spiro atoms. The molecule has 13 heteroatoms. The number of nitrogens with one attached hydrogen (secondary N) is 3. The number of pyridine rings is 1. The van der Waals surface area contributed by atoms with E-state index in [-0.39, 0.29) is 42.7 Å². The molecular weight excluding hydrogens is 630 g/mol. The van der Waals surface area contributed by atoms with Crippen molar-refractivity contribution in [2.24, 2.45) is 5.73 Å². The minimum Gasteiger partial charge on any atom is -0.447 e. The summed E-state index contributed by atoms with van der Waals surface area (Å²) in [5.41, 5.74) is 8.57. The molecule has 0 saturated carbocycles. The van der Waals surface area contributed by atoms with E-state index < -0.39 is 47.5 Å². The molecule has 2 amide bonds. The van der Waals surface area contributed by atoms with Crippen molar-refractivity contribution >= 4 is 17.7 Å². The average molecular weight is 666 g/mol. The van der Waals surface area contributed by atoms with E-state index in [4.69, 9.17) is 15.2 Å². The molecule has 5 N–H and O–H groups in total. The van der Waals surface area contributed by atoms with Crippen molar-refractivity contribution in [1.82, 2.24) is 15.6 Å². The van der Waals surface area contributed by atoms with Gasteiger partial charge in [0.25, 0.3) is 0 Å². The number of carbonyl (C=O) groups excluding carboxylic acids is 2. The fraction of sp³-hybridized carbons (Fsp3) is 0.286. The van der Waals surface area contributed by atoms with Gasteiger partial charge in [0.05, 0.1) is 30.2 Å². The lowest BCUT2D eigenvalue weighted by molar-refractivity contribution is -0.117. The third kappa shape index (κ3) is 9.37. The molecule has 1 saturated heterocycles. The zero-order chi connectivity index (χ0) is 34.0. The lowest BCUT2D eigenvalue weighted by atomic mass is 9.85. The molecule has 0 radical (unpaired) electrons. The predicted octanol–water partition coefficient (Wildman–Crippen LogP) is 4.95. The van der Waals surface area contributed by atoms with Crippen LogP contribution in [0.15, 0.2) is 85.2 Å². The summed E-state index contributed by atoms with van der Waals surface area (Å²) in [4.78, 5) is 29.5. The van der Waals surface area contributed by atoms with Gasteiger partial charge in [-0.25, -0.2) is 22.4 Å². The molecule has 5 rings (SSSR count). The topological polar surface area (TPSA) is 128 Å². The smallest absolute Gasteiger partial charge is 0.407 e. The Morgan fingerprint density at radius 2 is 1.46 bits per heavy atom. The minimum atomic E-state index is -1.21. The van der Waals surface area contributed by atoms with Crippen LogP contribution in [-0.2, 0) is 27.2 Å². The van der Waals surface area contributed by atoms with Gasteiger partial charge in [0.15, 0.2) is 0 Å². The second-order valence-electron chi connectivity index (χ2n) is 11.4. The number of morpholine rings is 1. The number of aromatic nitrogens is 1. The minimum absolute atomic E-state index is 0.0230. The number of anilines is 1. The van der Waals surface area contributed by atoms with Crippen LogP contribution in [-0.4, -0.2) is 54.9 Å². The summed E-state index contributed by atoms with van der Waals surface area (Å²) in [6, 6.07) is 15.5. The van der Waals surface area contributed by atoms with Gasteiger partial charge in [0, 0.05) is 31.1 Å². The molecule has 252 valence electrons. The largest absolute Gasteiger partial charge is 0.447 e. The highest BCUT2D eigenvalue weighted by atomic mass is 19.1. The van der Waals surface area contributed by atoms with Gasteiger partial charge < -0.3 is 31.2 Å². The number of ether oxygens (including phenoxy) is 2. The highest BCUT2D eigenvalue weighted by molar-refractivity contribution is 5.96. The lowest BCUT2D eigenvalue weighted by Crippen LogP contribution is -2.47. The summed E-state index contributed by atoms with van der Waals surface area (Å²) >= 11 is 0. The van der Waals surface area contributed by atoms with Crippen molar-refractivity contribution in [3.05, 3.63) is 131 Å². The molecule has 3 unspecified atom stereocenters. The van der Waals surface area contributed by atoms with Gasteiger partial charge in [-0.05, 0) is 65.9 Å². The first-order valence-electron chi connectivity index (χ1n) is 15.4. The molecule has 0 aliphatic carbocycles. The highest BCUT2D eigenvalue weighted by Crippen LogP contribution is 2.29. The zero-order valence-electron chi connectivity index (χ0n) is 25.8. The van der Waals surface area contributed by atoms with Gasteiger partial charge in [-0.1, -0.05) is 36.4 Å². The van der Waals surface area contributed by atoms with Gasteiger partial charge in [-0.3, -0.25) is 9.78 Å². The van der Waals surface area contributed by atoms with Gasteiger partial charge in [0.1, 0.15) is 36.0 Å². The number of benzene rings is 3. The predicted molar refractivity (Wildman–Crippen MR) is 170 cm³/mol. The van der Waals surface area contributed by atoms with Crippen molar-refractivity contribution in [2.75, 3.05) is 25.0 Å². The Balaban J connectivity index is 1.18. The van der Waals surface area contributed by atoms with Gasteiger partial charge >= 0.3 is 6.09 Å². The number of rotatable bonds is 12. The Labute approximate surface area is 274 Å². The Morgan fingerprint density at radius 3 is 2.08 bits per heavy atom. The second kappa shape index (κ2) is 16.3. The third-order valence-corrected chi connectivity index (χ3v) is 7.98. The lowest BCUT2D eigenvalue weighted by Gasteiger charge is -2.31. The summed E-state index contributed by atoms with van der Waals surface area (Å²) in [6.07, 6.45) is 1.47. The quantitative estimate of drug-likeness (QED) is 0.158. The van der Waals surface area contributed by atoms with Crippen molar-refractivity contribution in [3.63, 3.8) is 0 Å². The van der Waals surface area contributed by atoms with Crippen LogP contribution in [0.25, 0.3) is 0 Å². The number of alkyl carbamates (subject to hydrolysis) is 1. The maximum atomic E-state index is 15.1. The molecule has 0 bridgehead atoms. The van der Waals surface area contributed by atoms with Crippen LogP contribution in [0.2, 0.25) is 0 Å². The Hall–Kier alpha value is -4.85. The van der Waals surface area contributed by atoms with E-state index >= 15 is 4.39 Å². The Bertz CT molecular complexity index is 1630. The van der Waals surface area contributed by atoms with E-state index in [2.05, 4.69) is 20.9 Å². The SMILES string of the molecule is NC(C(=O)Nc1cncc(F)c1CCC1CNCC(COC(=O)NCc2ccc(F)cc2)O1)C(c1ccc(F)cc1)c1ccc(F)cc1. The summed E-state index contributed by atoms with van der Waals surface area (Å²) in [7, 11) is 0. The van der Waals surface area contributed by atoms with E-state index in [1.54, 1.807) is 12.1 Å². The highest BCUT2D eigenvalue weighted by Gasteiger charge is 2.29. The van der Waals surface area contributed by atoms with E-state index in [0.29, 0.717) is 36.2 Å². The monoisotopic (exact) mass is 665 g/mol. The summed E-state index contributed by atoms with van der Waals surface area (Å²) in [5, 5.41) is 8.52. The van der Waals surface area contributed by atoms with Crippen LogP contribution in [0, 0.1) is 23.3 Å². The number of nitrogens with two attached hydrogens (primary N) is 1. The van der Waals surface area contributed by atoms with E-state index in [0.717, 1.165) is 6.20 Å². The van der Waals surface area contributed by atoms with Crippen LogP contribution >= 0.6 is 0 Å². The molecular formula is C35H35F4N5O4. The number of halogens is 4. The normalized spacial score (nSPS) is 16.7. The van der Waals surface area contributed by atoms with E-state index in [1.165, 1.54) is 66.9 Å². The van der Waals surface area contributed by atoms with Gasteiger partial charge in [-0.15, -0.1) is 0 Å². The molecule has 1 aliphatic heterocycles. The summed E-state index contributed by atoms with van der Waals surface area (Å²) < 4.78 is 66.9. The van der Waals surface area contributed by atoms with Crippen molar-refractivity contribution in [2.45, 2.75) is 43.6 Å². The fourth-order valence-corrected chi connectivity index (χ4v) is 5.48. The fourth-order valence-electron chi connectivity index (χ4n) is 5.48. The molecule has 2 heterocycles. The number of hydrogen-bond donors (Lipinski definition) is 4. The van der Waals surface area contributed by atoms with Gasteiger partial charge in [-0.2, -0.15) is 0 Å². The first-order chi connectivity index (χ1) is 23.2. The molecule has 1 aromatic heterocycles. The molecule has 4 aromatic rings. The molecule has 1 aliphatic rings. The molecule has 48 heavy (non-hydrogen) atoms. The van der Waals surface area contributed by atoms with Crippen LogP contribution in [0.3, 0.4) is 0 Å². The standard InChI is InChI=1S/C35H35F4N5O4/c36-24-7-1-21(2-8-24)15-43-35(46)47-20-28-17-41-16-27(48-28)13-14-29-30(39)18-42-19-31(29)44-34(45)33(40)32(22-3-9-25(37)10-4-22)23-5-11-26(38)12-6-23/h1-12,18-19,27-28,32-33,41H,13-17,20,40H2,(H,43,46)(H,44,45). The summed E-state index contributed by atoms with van der Waals surface area (Å²) in [5.74, 6) is -3.34. The molecule has 3 aromatic carbocycles. The number of carbonyl (C=O) groups is 2. The number of amides is 2. The van der Waals surface area contributed by atoms with Crippen LogP contribution in [0.4, 0.5) is 28.0 Å². The summed E-state index contributed by atoms with van der Waals surface area (Å²) in [6.45, 7) is 1.06. The third-order valence-electron chi connectivity index (χ3n) is 7.98. The number of hydrogen-bond acceptors (Lipinski definition) is 7. The number of nitrogens with zero attached hydrogens (tertiary/aromatic N) is 1. The van der Waals surface area contributed by atoms with Crippen molar-refractivity contribution in [3.8, 4) is 0 Å². The molecule has 1 fully saturated rings. The second-order valence-corrected chi connectivity index (χ2v) is 11.4. The van der Waals surface area contributed by atoms with E-state index in [1.807, 2.05) is 0 Å².